The van der Waals surface area contributed by atoms with Crippen LogP contribution >= 0.6 is 27.5 Å². The van der Waals surface area contributed by atoms with Gasteiger partial charge in [-0.15, -0.1) is 0 Å². The summed E-state index contributed by atoms with van der Waals surface area (Å²) in [6.45, 7) is 2.27. The van der Waals surface area contributed by atoms with Crippen LogP contribution in [0.25, 0.3) is 0 Å². The Labute approximate surface area is 122 Å². The van der Waals surface area contributed by atoms with Crippen molar-refractivity contribution in [3.63, 3.8) is 0 Å². The maximum Gasteiger partial charge on any atom is 0.224 e. The molecule has 0 spiro atoms. The van der Waals surface area contributed by atoms with Gasteiger partial charge in [-0.1, -0.05) is 19.8 Å². The Bertz CT molecular complexity index is 392. The largest absolute Gasteiger partial charge is 0.366 e. The average molecular weight is 333 g/mol. The third kappa shape index (κ3) is 3.82. The maximum atomic E-state index is 5.82. The van der Waals surface area contributed by atoms with Crippen molar-refractivity contribution in [2.45, 2.75) is 51.5 Å². The molecule has 0 unspecified atom stereocenters. The minimum atomic E-state index is 0.292. The number of hydrogen-bond acceptors (Lipinski definition) is 3. The molecule has 1 aromatic heterocycles. The molecule has 100 valence electrons. The Kier molecular flexibility index (Phi) is 5.25. The van der Waals surface area contributed by atoms with E-state index in [0.29, 0.717) is 11.3 Å². The highest BCUT2D eigenvalue weighted by atomic mass is 79.9. The normalized spacial score (nSPS) is 23.9. The minimum Gasteiger partial charge on any atom is -0.366 e. The maximum absolute atomic E-state index is 5.82. The Morgan fingerprint density at radius 3 is 2.78 bits per heavy atom. The summed E-state index contributed by atoms with van der Waals surface area (Å²) in [7, 11) is 0. The molecule has 1 aliphatic carbocycles. The zero-order chi connectivity index (χ0) is 13.0. The smallest absolute Gasteiger partial charge is 0.224 e. The molecule has 1 saturated carbocycles. The molecule has 1 N–H and O–H groups in total. The van der Waals surface area contributed by atoms with Gasteiger partial charge in [0.1, 0.15) is 5.82 Å². The van der Waals surface area contributed by atoms with Gasteiger partial charge in [0.05, 0.1) is 4.47 Å². The first-order valence-corrected chi connectivity index (χ1v) is 7.80. The van der Waals surface area contributed by atoms with E-state index in [-0.39, 0.29) is 0 Å². The Hall–Kier alpha value is -0.350. The van der Waals surface area contributed by atoms with E-state index in [0.717, 1.165) is 16.2 Å². The molecule has 1 fully saturated rings. The summed E-state index contributed by atoms with van der Waals surface area (Å²) in [6.07, 6.45) is 9.45. The van der Waals surface area contributed by atoms with E-state index in [1.807, 2.05) is 0 Å². The highest BCUT2D eigenvalue weighted by Gasteiger charge is 2.21. The van der Waals surface area contributed by atoms with Crippen molar-refractivity contribution in [2.75, 3.05) is 5.32 Å². The van der Waals surface area contributed by atoms with Crippen LogP contribution in [0.4, 0.5) is 5.82 Å². The molecule has 0 amide bonds. The Morgan fingerprint density at radius 1 is 1.39 bits per heavy atom. The van der Waals surface area contributed by atoms with Gasteiger partial charge >= 0.3 is 0 Å². The van der Waals surface area contributed by atoms with Crippen molar-refractivity contribution in [3.05, 3.63) is 16.0 Å². The first-order valence-electron chi connectivity index (χ1n) is 6.63. The average Bonchev–Trinajstić information content (AvgIpc) is 2.37. The van der Waals surface area contributed by atoms with Gasteiger partial charge in [-0.25, -0.2) is 4.98 Å². The van der Waals surface area contributed by atoms with Crippen molar-refractivity contribution in [1.82, 2.24) is 9.97 Å². The number of nitrogens with zero attached hydrogens (tertiary/aromatic N) is 2. The fourth-order valence-corrected chi connectivity index (χ4v) is 3.08. The van der Waals surface area contributed by atoms with Crippen LogP contribution in [0.3, 0.4) is 0 Å². The molecule has 18 heavy (non-hydrogen) atoms. The molecule has 5 heteroatoms. The molecule has 3 nitrogen and oxygen atoms in total. The van der Waals surface area contributed by atoms with Crippen LogP contribution in [0.2, 0.25) is 5.28 Å². The fraction of sp³-hybridized carbons (Fsp3) is 0.692. The highest BCUT2D eigenvalue weighted by molar-refractivity contribution is 9.10. The fourth-order valence-electron chi connectivity index (χ4n) is 2.64. The third-order valence-electron chi connectivity index (χ3n) is 3.60. The van der Waals surface area contributed by atoms with E-state index in [4.69, 9.17) is 11.6 Å². The number of hydrogen-bond donors (Lipinski definition) is 1. The standard InChI is InChI=1S/C13H19BrClN3/c1-2-3-9-4-6-10(7-5-9)17-12-11(14)8-16-13(15)18-12/h8-10H,2-7H2,1H3,(H,16,17,18). The predicted octanol–water partition coefficient (Wildman–Crippen LogP) is 4.66. The van der Waals surface area contributed by atoms with E-state index in [1.165, 1.54) is 38.5 Å². The summed E-state index contributed by atoms with van der Waals surface area (Å²) < 4.78 is 0.877. The van der Waals surface area contributed by atoms with Crippen LogP contribution in [-0.2, 0) is 0 Å². The molecule has 0 bridgehead atoms. The first-order chi connectivity index (χ1) is 8.69. The monoisotopic (exact) mass is 331 g/mol. The molecule has 1 aromatic rings. The van der Waals surface area contributed by atoms with Crippen molar-refractivity contribution >= 4 is 33.3 Å². The molecular formula is C13H19BrClN3. The van der Waals surface area contributed by atoms with Crippen LogP contribution in [0.1, 0.15) is 45.4 Å². The van der Waals surface area contributed by atoms with Crippen LogP contribution in [-0.4, -0.2) is 16.0 Å². The number of rotatable bonds is 4. The Morgan fingerprint density at radius 2 is 2.11 bits per heavy atom. The molecular weight excluding hydrogens is 314 g/mol. The molecule has 1 aliphatic rings. The molecule has 0 aliphatic heterocycles. The van der Waals surface area contributed by atoms with E-state index in [9.17, 15) is 0 Å². The topological polar surface area (TPSA) is 37.8 Å². The van der Waals surface area contributed by atoms with Crippen molar-refractivity contribution in [2.24, 2.45) is 5.92 Å². The van der Waals surface area contributed by atoms with Gasteiger partial charge in [-0.3, -0.25) is 0 Å². The van der Waals surface area contributed by atoms with Gasteiger partial charge in [0.15, 0.2) is 0 Å². The number of anilines is 1. The van der Waals surface area contributed by atoms with Crippen LogP contribution in [0.15, 0.2) is 10.7 Å². The lowest BCUT2D eigenvalue weighted by atomic mass is 9.83. The van der Waals surface area contributed by atoms with E-state index in [1.54, 1.807) is 6.20 Å². The van der Waals surface area contributed by atoms with Gasteiger partial charge in [0, 0.05) is 12.2 Å². The molecule has 1 heterocycles. The van der Waals surface area contributed by atoms with Crippen molar-refractivity contribution in [3.8, 4) is 0 Å². The SMILES string of the molecule is CCCC1CCC(Nc2nc(Cl)ncc2Br)CC1. The zero-order valence-electron chi connectivity index (χ0n) is 10.6. The van der Waals surface area contributed by atoms with Crippen molar-refractivity contribution < 1.29 is 0 Å². The quantitative estimate of drug-likeness (QED) is 0.815. The number of halogens is 2. The zero-order valence-corrected chi connectivity index (χ0v) is 13.0. The summed E-state index contributed by atoms with van der Waals surface area (Å²) in [6, 6.07) is 0.514. The molecule has 0 aromatic carbocycles. The first kappa shape index (κ1) is 14.1. The summed E-state index contributed by atoms with van der Waals surface area (Å²) in [5.74, 6) is 1.74. The van der Waals surface area contributed by atoms with E-state index in [2.05, 4.69) is 38.1 Å². The second-order valence-electron chi connectivity index (χ2n) is 4.99. The van der Waals surface area contributed by atoms with Crippen molar-refractivity contribution in [1.29, 1.82) is 0 Å². The number of aromatic nitrogens is 2. The Balaban J connectivity index is 1.89. The van der Waals surface area contributed by atoms with Gasteiger partial charge in [0.2, 0.25) is 5.28 Å². The lowest BCUT2D eigenvalue weighted by molar-refractivity contribution is 0.318. The summed E-state index contributed by atoms with van der Waals surface area (Å²) >= 11 is 9.26. The van der Waals surface area contributed by atoms with Crippen LogP contribution in [0, 0.1) is 5.92 Å². The second-order valence-corrected chi connectivity index (χ2v) is 6.18. The van der Waals surface area contributed by atoms with Gasteiger partial charge < -0.3 is 5.32 Å². The minimum absolute atomic E-state index is 0.292. The molecule has 0 radical (unpaired) electrons. The van der Waals surface area contributed by atoms with Gasteiger partial charge in [-0.05, 0) is 59.1 Å². The van der Waals surface area contributed by atoms with Crippen LogP contribution < -0.4 is 5.32 Å². The van der Waals surface area contributed by atoms with Gasteiger partial charge in [0.25, 0.3) is 0 Å². The number of nitrogens with one attached hydrogen (secondary N) is 1. The second kappa shape index (κ2) is 6.71. The predicted molar refractivity (Wildman–Crippen MR) is 79.0 cm³/mol. The summed E-state index contributed by atoms with van der Waals surface area (Å²) in [5.41, 5.74) is 0. The van der Waals surface area contributed by atoms with E-state index >= 15 is 0 Å². The highest BCUT2D eigenvalue weighted by Crippen LogP contribution is 2.30. The lowest BCUT2D eigenvalue weighted by Crippen LogP contribution is -2.26. The lowest BCUT2D eigenvalue weighted by Gasteiger charge is -2.29. The summed E-state index contributed by atoms with van der Waals surface area (Å²) in [4.78, 5) is 8.15. The summed E-state index contributed by atoms with van der Waals surface area (Å²) in [5, 5.41) is 3.76. The third-order valence-corrected chi connectivity index (χ3v) is 4.36. The van der Waals surface area contributed by atoms with Gasteiger partial charge in [-0.2, -0.15) is 4.98 Å². The van der Waals surface area contributed by atoms with E-state index < -0.39 is 0 Å². The molecule has 2 rings (SSSR count). The molecule has 0 saturated heterocycles. The van der Waals surface area contributed by atoms with Crippen LogP contribution in [0.5, 0.6) is 0 Å². The molecule has 0 atom stereocenters.